The van der Waals surface area contributed by atoms with Crippen LogP contribution in [0.15, 0.2) is 65.3 Å². The lowest BCUT2D eigenvalue weighted by molar-refractivity contribution is -0.121. The number of aromatic amines is 1. The van der Waals surface area contributed by atoms with Crippen molar-refractivity contribution in [2.45, 2.75) is 19.4 Å². The Labute approximate surface area is 150 Å². The van der Waals surface area contributed by atoms with Gasteiger partial charge in [0, 0.05) is 5.39 Å². The first kappa shape index (κ1) is 16.1. The molecule has 2 aromatic carbocycles. The summed E-state index contributed by atoms with van der Waals surface area (Å²) in [7, 11) is 0. The first-order chi connectivity index (χ1) is 12.7. The number of para-hydroxylation sites is 1. The highest BCUT2D eigenvalue weighted by molar-refractivity contribution is 5.86. The van der Waals surface area contributed by atoms with E-state index in [-0.39, 0.29) is 18.4 Å². The normalized spacial score (nSPS) is 12.2. The van der Waals surface area contributed by atoms with Crippen molar-refractivity contribution in [3.63, 3.8) is 0 Å². The molecule has 4 rings (SSSR count). The third-order valence-electron chi connectivity index (χ3n) is 4.25. The van der Waals surface area contributed by atoms with Crippen LogP contribution >= 0.6 is 0 Å². The first-order valence-corrected chi connectivity index (χ1v) is 8.43. The fraction of sp³-hybridized carbons (Fsp3) is 0.150. The number of H-pyrrole nitrogens is 1. The summed E-state index contributed by atoms with van der Waals surface area (Å²) in [5.41, 5.74) is 3.29. The van der Waals surface area contributed by atoms with E-state index in [2.05, 4.69) is 20.4 Å². The van der Waals surface area contributed by atoms with Crippen LogP contribution in [0.4, 0.5) is 0 Å². The molecular formula is C20H18N4O2. The molecule has 0 saturated carbocycles. The minimum absolute atomic E-state index is 0.130. The molecule has 2 N–H and O–H groups in total. The summed E-state index contributed by atoms with van der Waals surface area (Å²) in [6.07, 6.45) is 1.94. The highest BCUT2D eigenvalue weighted by Gasteiger charge is 2.16. The fourth-order valence-electron chi connectivity index (χ4n) is 2.90. The molecule has 0 aliphatic rings. The Bertz CT molecular complexity index is 1040. The summed E-state index contributed by atoms with van der Waals surface area (Å²) < 4.78 is 5.24. The second-order valence-corrected chi connectivity index (χ2v) is 6.14. The molecule has 0 aliphatic carbocycles. The minimum Gasteiger partial charge on any atom is -0.356 e. The second kappa shape index (κ2) is 6.84. The van der Waals surface area contributed by atoms with Gasteiger partial charge in [-0.2, -0.15) is 0 Å². The zero-order chi connectivity index (χ0) is 17.9. The van der Waals surface area contributed by atoms with Crippen molar-refractivity contribution >= 4 is 16.9 Å². The van der Waals surface area contributed by atoms with Crippen molar-refractivity contribution in [2.24, 2.45) is 0 Å². The molecule has 6 heteroatoms. The minimum atomic E-state index is -0.238. The fourth-order valence-corrected chi connectivity index (χ4v) is 2.90. The van der Waals surface area contributed by atoms with Crippen LogP contribution in [0.25, 0.3) is 22.2 Å². The number of aromatic nitrogens is 3. The van der Waals surface area contributed by atoms with Gasteiger partial charge < -0.3 is 14.8 Å². The molecule has 2 aromatic heterocycles. The number of hydrogen-bond donors (Lipinski definition) is 2. The molecule has 4 aromatic rings. The van der Waals surface area contributed by atoms with E-state index >= 15 is 0 Å². The quantitative estimate of drug-likeness (QED) is 0.578. The maximum absolute atomic E-state index is 12.4. The first-order valence-electron chi connectivity index (χ1n) is 8.43. The number of hydrogen-bond acceptors (Lipinski definition) is 4. The van der Waals surface area contributed by atoms with Crippen LogP contribution in [0.5, 0.6) is 0 Å². The van der Waals surface area contributed by atoms with Crippen molar-refractivity contribution in [1.82, 2.24) is 20.4 Å². The number of nitrogens with zero attached hydrogens (tertiary/aromatic N) is 2. The second-order valence-electron chi connectivity index (χ2n) is 6.14. The number of carbonyl (C=O) groups is 1. The van der Waals surface area contributed by atoms with Crippen LogP contribution < -0.4 is 5.32 Å². The Balaban J connectivity index is 1.44. The summed E-state index contributed by atoms with van der Waals surface area (Å²) in [6, 6.07) is 17.2. The lowest BCUT2D eigenvalue weighted by Gasteiger charge is -2.11. The topological polar surface area (TPSA) is 83.8 Å². The molecular weight excluding hydrogens is 328 g/mol. The third kappa shape index (κ3) is 3.21. The standard InChI is InChI=1S/C20H18N4O2/c1-13(20-21-12-17(23-20)14-7-3-2-4-8-14)22-19(25)11-16-15-9-5-6-10-18(15)26-24-16/h2-10,12-13H,11H2,1H3,(H,21,23)(H,22,25)/t13-/m0/s1. The monoisotopic (exact) mass is 346 g/mol. The van der Waals surface area contributed by atoms with Gasteiger partial charge in [-0.1, -0.05) is 47.6 Å². The predicted octanol–water partition coefficient (Wildman–Crippen LogP) is 3.64. The highest BCUT2D eigenvalue weighted by atomic mass is 16.5. The number of benzene rings is 2. The van der Waals surface area contributed by atoms with Gasteiger partial charge in [0.25, 0.3) is 0 Å². The number of amides is 1. The predicted molar refractivity (Wildman–Crippen MR) is 98.3 cm³/mol. The van der Waals surface area contributed by atoms with E-state index in [0.29, 0.717) is 17.1 Å². The summed E-state index contributed by atoms with van der Waals surface area (Å²) in [4.78, 5) is 20.0. The summed E-state index contributed by atoms with van der Waals surface area (Å²) in [6.45, 7) is 1.90. The maximum Gasteiger partial charge on any atom is 0.226 e. The molecule has 0 saturated heterocycles. The lowest BCUT2D eigenvalue weighted by atomic mass is 10.1. The molecule has 130 valence electrons. The van der Waals surface area contributed by atoms with Crippen LogP contribution in [-0.4, -0.2) is 21.0 Å². The molecule has 0 spiro atoms. The van der Waals surface area contributed by atoms with Crippen LogP contribution in [-0.2, 0) is 11.2 Å². The average Bonchev–Trinajstić information content (AvgIpc) is 3.30. The van der Waals surface area contributed by atoms with Crippen LogP contribution in [0.3, 0.4) is 0 Å². The summed E-state index contributed by atoms with van der Waals surface area (Å²) in [5, 5.41) is 7.81. The van der Waals surface area contributed by atoms with Crippen molar-refractivity contribution in [3.8, 4) is 11.3 Å². The number of imidazole rings is 1. The number of carbonyl (C=O) groups excluding carboxylic acids is 1. The van der Waals surface area contributed by atoms with Gasteiger partial charge in [-0.3, -0.25) is 4.79 Å². The molecule has 0 unspecified atom stereocenters. The molecule has 0 bridgehead atoms. The smallest absolute Gasteiger partial charge is 0.226 e. The van der Waals surface area contributed by atoms with E-state index in [4.69, 9.17) is 4.52 Å². The van der Waals surface area contributed by atoms with E-state index in [1.165, 1.54) is 0 Å². The van der Waals surface area contributed by atoms with E-state index in [1.54, 1.807) is 6.20 Å². The highest BCUT2D eigenvalue weighted by Crippen LogP contribution is 2.20. The average molecular weight is 346 g/mol. The van der Waals surface area contributed by atoms with Crippen molar-refractivity contribution in [1.29, 1.82) is 0 Å². The number of rotatable bonds is 5. The van der Waals surface area contributed by atoms with Crippen LogP contribution in [0.2, 0.25) is 0 Å². The van der Waals surface area contributed by atoms with Gasteiger partial charge in [-0.05, 0) is 24.6 Å². The van der Waals surface area contributed by atoms with E-state index < -0.39 is 0 Å². The van der Waals surface area contributed by atoms with E-state index in [0.717, 1.165) is 16.6 Å². The van der Waals surface area contributed by atoms with Gasteiger partial charge in [0.1, 0.15) is 11.5 Å². The van der Waals surface area contributed by atoms with E-state index in [9.17, 15) is 4.79 Å². The van der Waals surface area contributed by atoms with Gasteiger partial charge in [-0.15, -0.1) is 0 Å². The molecule has 1 atom stereocenters. The zero-order valence-electron chi connectivity index (χ0n) is 14.3. The van der Waals surface area contributed by atoms with Crippen molar-refractivity contribution in [3.05, 3.63) is 72.3 Å². The SMILES string of the molecule is C[C@H](NC(=O)Cc1noc2ccccc12)c1ncc(-c2ccccc2)[nH]1. The molecule has 0 radical (unpaired) electrons. The van der Waals surface area contributed by atoms with Gasteiger partial charge in [0.15, 0.2) is 5.58 Å². The molecule has 6 nitrogen and oxygen atoms in total. The zero-order valence-corrected chi connectivity index (χ0v) is 14.3. The number of nitrogens with one attached hydrogen (secondary N) is 2. The van der Waals surface area contributed by atoms with Crippen molar-refractivity contribution in [2.75, 3.05) is 0 Å². The Morgan fingerprint density at radius 1 is 1.15 bits per heavy atom. The van der Waals surface area contributed by atoms with Crippen molar-refractivity contribution < 1.29 is 9.32 Å². The lowest BCUT2D eigenvalue weighted by Crippen LogP contribution is -2.28. The third-order valence-corrected chi connectivity index (χ3v) is 4.25. The van der Waals surface area contributed by atoms with Gasteiger partial charge in [-0.25, -0.2) is 4.98 Å². The maximum atomic E-state index is 12.4. The van der Waals surface area contributed by atoms with E-state index in [1.807, 2.05) is 61.5 Å². The van der Waals surface area contributed by atoms with Gasteiger partial charge in [0.2, 0.25) is 5.91 Å². The Hall–Kier alpha value is -3.41. The Morgan fingerprint density at radius 3 is 2.77 bits per heavy atom. The largest absolute Gasteiger partial charge is 0.356 e. The Morgan fingerprint density at radius 2 is 1.92 bits per heavy atom. The van der Waals surface area contributed by atoms with Gasteiger partial charge in [0.05, 0.1) is 24.4 Å². The molecule has 26 heavy (non-hydrogen) atoms. The molecule has 0 aliphatic heterocycles. The van der Waals surface area contributed by atoms with Gasteiger partial charge >= 0.3 is 0 Å². The van der Waals surface area contributed by atoms with Crippen LogP contribution in [0, 0.1) is 0 Å². The number of fused-ring (bicyclic) bond motifs is 1. The molecule has 0 fully saturated rings. The molecule has 2 heterocycles. The summed E-state index contributed by atoms with van der Waals surface area (Å²) >= 11 is 0. The van der Waals surface area contributed by atoms with Crippen LogP contribution in [0.1, 0.15) is 24.5 Å². The summed E-state index contributed by atoms with van der Waals surface area (Å²) in [5.74, 6) is 0.580. The molecule has 1 amide bonds. The Kier molecular flexibility index (Phi) is 4.23.